The topological polar surface area (TPSA) is 46.2 Å². The van der Waals surface area contributed by atoms with Gasteiger partial charge in [0.25, 0.3) is 0 Å². The maximum absolute atomic E-state index is 13.0. The number of alkyl halides is 3. The highest BCUT2D eigenvalue weighted by Gasteiger charge is 2.37. The molecule has 0 radical (unpaired) electrons. The quantitative estimate of drug-likeness (QED) is 0.839. The first-order valence-corrected chi connectivity index (χ1v) is 7.36. The van der Waals surface area contributed by atoms with Crippen molar-refractivity contribution in [2.75, 3.05) is 32.1 Å². The van der Waals surface area contributed by atoms with Gasteiger partial charge in [-0.05, 0) is 41.4 Å². The third-order valence-corrected chi connectivity index (χ3v) is 3.94. The number of methoxy groups -OCH3 is 1. The molecule has 2 N–H and O–H groups in total. The lowest BCUT2D eigenvalue weighted by molar-refractivity contribution is -0.137. The molecule has 1 saturated heterocycles. The van der Waals surface area contributed by atoms with E-state index in [0.29, 0.717) is 17.6 Å². The van der Waals surface area contributed by atoms with Gasteiger partial charge in [0.1, 0.15) is 5.82 Å². The van der Waals surface area contributed by atoms with Gasteiger partial charge in [0.15, 0.2) is 0 Å². The van der Waals surface area contributed by atoms with E-state index in [9.17, 15) is 13.2 Å². The Morgan fingerprint density at radius 3 is 2.86 bits per heavy atom. The van der Waals surface area contributed by atoms with Gasteiger partial charge in [0.2, 0.25) is 0 Å². The summed E-state index contributed by atoms with van der Waals surface area (Å²) in [5.74, 6) is -0.158. The minimum absolute atomic E-state index is 0.158. The maximum atomic E-state index is 13.0. The van der Waals surface area contributed by atoms with Crippen LogP contribution in [0.3, 0.4) is 0 Å². The van der Waals surface area contributed by atoms with E-state index in [1.807, 2.05) is 0 Å². The van der Waals surface area contributed by atoms with E-state index in [1.54, 1.807) is 7.11 Å². The van der Waals surface area contributed by atoms with E-state index in [0.717, 1.165) is 25.5 Å². The summed E-state index contributed by atoms with van der Waals surface area (Å²) < 4.78 is 44.6. The van der Waals surface area contributed by atoms with Crippen molar-refractivity contribution in [1.29, 1.82) is 0 Å². The Hall–Kier alpha value is -0.860. The molecule has 1 aliphatic heterocycles. The van der Waals surface area contributed by atoms with Gasteiger partial charge in [-0.25, -0.2) is 4.98 Å². The molecule has 2 rings (SSSR count). The van der Waals surface area contributed by atoms with Crippen molar-refractivity contribution in [2.45, 2.75) is 24.6 Å². The van der Waals surface area contributed by atoms with Gasteiger partial charge < -0.3 is 15.4 Å². The van der Waals surface area contributed by atoms with Gasteiger partial charge in [-0.3, -0.25) is 0 Å². The van der Waals surface area contributed by atoms with Gasteiger partial charge in [-0.15, -0.1) is 0 Å². The molecular weight excluding hydrogens is 351 g/mol. The summed E-state index contributed by atoms with van der Waals surface area (Å²) in [6.45, 7) is 1.61. The van der Waals surface area contributed by atoms with Crippen LogP contribution in [-0.2, 0) is 10.9 Å². The number of anilines is 1. The highest BCUT2D eigenvalue weighted by Crippen LogP contribution is 2.35. The lowest BCUT2D eigenvalue weighted by Gasteiger charge is -2.29. The van der Waals surface area contributed by atoms with Crippen molar-refractivity contribution in [1.82, 2.24) is 10.3 Å². The summed E-state index contributed by atoms with van der Waals surface area (Å²) in [6, 6.07) is 1.03. The molecule has 1 atom stereocenters. The summed E-state index contributed by atoms with van der Waals surface area (Å²) in [6.07, 6.45) is -1.27. The van der Waals surface area contributed by atoms with Crippen LogP contribution in [0, 0.1) is 0 Å². The van der Waals surface area contributed by atoms with Crippen LogP contribution in [0.1, 0.15) is 18.4 Å². The summed E-state index contributed by atoms with van der Waals surface area (Å²) in [4.78, 5) is 3.85. The summed E-state index contributed by atoms with van der Waals surface area (Å²) in [5, 5.41) is 6.13. The molecule has 4 nitrogen and oxygen atoms in total. The van der Waals surface area contributed by atoms with Crippen LogP contribution < -0.4 is 10.6 Å². The molecule has 1 aromatic rings. The van der Waals surface area contributed by atoms with Crippen molar-refractivity contribution in [3.8, 4) is 0 Å². The van der Waals surface area contributed by atoms with Crippen LogP contribution in [0.5, 0.6) is 0 Å². The van der Waals surface area contributed by atoms with Crippen molar-refractivity contribution in [2.24, 2.45) is 0 Å². The van der Waals surface area contributed by atoms with Gasteiger partial charge in [0, 0.05) is 24.3 Å². The summed E-state index contributed by atoms with van der Waals surface area (Å²) in [5.41, 5.74) is -1.12. The third kappa shape index (κ3) is 4.08. The lowest BCUT2D eigenvalue weighted by Crippen LogP contribution is -2.50. The Labute approximate surface area is 129 Å². The number of nitrogens with zero attached hydrogens (tertiary/aromatic N) is 1. The van der Waals surface area contributed by atoms with Gasteiger partial charge in [-0.1, -0.05) is 0 Å². The fourth-order valence-corrected chi connectivity index (χ4v) is 2.85. The Morgan fingerprint density at radius 1 is 1.52 bits per heavy atom. The van der Waals surface area contributed by atoms with Gasteiger partial charge in [-0.2, -0.15) is 13.2 Å². The molecule has 2 heterocycles. The summed E-state index contributed by atoms with van der Waals surface area (Å²) in [7, 11) is 1.58. The number of hydrogen-bond donors (Lipinski definition) is 2. The minimum atomic E-state index is -4.45. The highest BCUT2D eigenvalue weighted by molar-refractivity contribution is 9.10. The Balaban J connectivity index is 2.16. The first-order chi connectivity index (χ1) is 9.86. The van der Waals surface area contributed by atoms with Crippen LogP contribution in [0.2, 0.25) is 0 Å². The van der Waals surface area contributed by atoms with Gasteiger partial charge in [0.05, 0.1) is 17.7 Å². The molecule has 1 aromatic heterocycles. The van der Waals surface area contributed by atoms with Crippen molar-refractivity contribution in [3.05, 3.63) is 22.3 Å². The van der Waals surface area contributed by atoms with Crippen LogP contribution in [0.4, 0.5) is 19.0 Å². The molecule has 118 valence electrons. The van der Waals surface area contributed by atoms with E-state index in [2.05, 4.69) is 31.5 Å². The monoisotopic (exact) mass is 367 g/mol. The van der Waals surface area contributed by atoms with Crippen LogP contribution in [-0.4, -0.2) is 37.3 Å². The van der Waals surface area contributed by atoms with E-state index in [4.69, 9.17) is 4.74 Å². The molecule has 1 aliphatic rings. The van der Waals surface area contributed by atoms with E-state index in [-0.39, 0.29) is 11.4 Å². The van der Waals surface area contributed by atoms with Crippen molar-refractivity contribution < 1.29 is 17.9 Å². The summed E-state index contributed by atoms with van der Waals surface area (Å²) >= 11 is 3.02. The molecule has 1 unspecified atom stereocenters. The molecule has 1 fully saturated rings. The Bertz CT molecular complexity index is 490. The van der Waals surface area contributed by atoms with E-state index >= 15 is 0 Å². The molecule has 0 bridgehead atoms. The maximum Gasteiger partial charge on any atom is 0.419 e. The number of pyridine rings is 1. The zero-order valence-corrected chi connectivity index (χ0v) is 13.1. The Kier molecular flexibility index (Phi) is 5.11. The van der Waals surface area contributed by atoms with Crippen LogP contribution in [0.25, 0.3) is 0 Å². The molecular formula is C13H17BrF3N3O. The fourth-order valence-electron chi connectivity index (χ4n) is 2.52. The second kappa shape index (κ2) is 6.50. The lowest BCUT2D eigenvalue weighted by atomic mass is 9.98. The average Bonchev–Trinajstić information content (AvgIpc) is 2.86. The first kappa shape index (κ1) is 16.5. The number of hydrogen-bond acceptors (Lipinski definition) is 4. The first-order valence-electron chi connectivity index (χ1n) is 6.57. The van der Waals surface area contributed by atoms with Crippen LogP contribution in [0.15, 0.2) is 16.7 Å². The number of ether oxygens (including phenoxy) is 1. The molecule has 0 aromatic carbocycles. The predicted molar refractivity (Wildman–Crippen MR) is 77.3 cm³/mol. The Morgan fingerprint density at radius 2 is 2.29 bits per heavy atom. The number of halogens is 4. The van der Waals surface area contributed by atoms with Gasteiger partial charge >= 0.3 is 6.18 Å². The normalized spacial score (nSPS) is 22.5. The van der Waals surface area contributed by atoms with E-state index < -0.39 is 11.7 Å². The smallest absolute Gasteiger partial charge is 0.383 e. The molecule has 0 spiro atoms. The van der Waals surface area contributed by atoms with Crippen molar-refractivity contribution >= 4 is 21.7 Å². The number of aromatic nitrogens is 1. The second-order valence-corrected chi connectivity index (χ2v) is 6.06. The third-order valence-electron chi connectivity index (χ3n) is 3.51. The minimum Gasteiger partial charge on any atom is -0.383 e. The zero-order chi connectivity index (χ0) is 15.5. The van der Waals surface area contributed by atoms with E-state index in [1.165, 1.54) is 6.20 Å². The zero-order valence-electron chi connectivity index (χ0n) is 11.6. The standard InChI is InChI=1S/C13H17BrF3N3O/c1-21-8-12(3-2-4-20-12)7-19-11-10(13(15,16)17)5-9(14)6-18-11/h5-6,20H,2-4,7-8H2,1H3,(H,18,19). The number of rotatable bonds is 5. The second-order valence-electron chi connectivity index (χ2n) is 5.14. The molecule has 21 heavy (non-hydrogen) atoms. The average molecular weight is 368 g/mol. The number of nitrogens with one attached hydrogen (secondary N) is 2. The molecule has 0 amide bonds. The van der Waals surface area contributed by atoms with Crippen molar-refractivity contribution in [3.63, 3.8) is 0 Å². The SMILES string of the molecule is COCC1(CNc2ncc(Br)cc2C(F)(F)F)CCCN1. The highest BCUT2D eigenvalue weighted by atomic mass is 79.9. The largest absolute Gasteiger partial charge is 0.419 e. The molecule has 0 saturated carbocycles. The molecule has 8 heteroatoms. The predicted octanol–water partition coefficient (Wildman–Crippen LogP) is 3.04. The fraction of sp³-hybridized carbons (Fsp3) is 0.615. The molecule has 0 aliphatic carbocycles. The van der Waals surface area contributed by atoms with Crippen LogP contribution >= 0.6 is 15.9 Å².